The van der Waals surface area contributed by atoms with E-state index in [1.165, 1.54) is 24.3 Å². The second kappa shape index (κ2) is 8.98. The molecule has 2 aromatic rings. The summed E-state index contributed by atoms with van der Waals surface area (Å²) in [6.45, 7) is -0.794. The standard InChI is InChI=1S/C16H12N4O9/c21-15(29-9-10-1-3-12(4-2-10)18(23)24)8-17-16(22)11-5-13(19(25)26)7-14(6-11)20(27)28/h1-7H,8-9H2,(H,17,22). The van der Waals surface area contributed by atoms with Gasteiger partial charge >= 0.3 is 5.97 Å². The van der Waals surface area contributed by atoms with Crippen molar-refractivity contribution in [3.63, 3.8) is 0 Å². The number of nitro groups is 3. The monoisotopic (exact) mass is 404 g/mol. The van der Waals surface area contributed by atoms with Crippen LogP contribution in [0.5, 0.6) is 0 Å². The van der Waals surface area contributed by atoms with Gasteiger partial charge in [0.2, 0.25) is 0 Å². The average Bonchev–Trinajstić information content (AvgIpc) is 2.70. The summed E-state index contributed by atoms with van der Waals surface area (Å²) >= 11 is 0. The van der Waals surface area contributed by atoms with Crippen molar-refractivity contribution in [2.75, 3.05) is 6.54 Å². The fraction of sp³-hybridized carbons (Fsp3) is 0.125. The molecular weight excluding hydrogens is 392 g/mol. The van der Waals surface area contributed by atoms with Crippen LogP contribution >= 0.6 is 0 Å². The summed E-state index contributed by atoms with van der Waals surface area (Å²) in [5, 5.41) is 34.4. The number of amides is 1. The average molecular weight is 404 g/mol. The van der Waals surface area contributed by atoms with Crippen molar-refractivity contribution < 1.29 is 29.1 Å². The van der Waals surface area contributed by atoms with Crippen LogP contribution in [-0.2, 0) is 16.1 Å². The number of hydrogen-bond donors (Lipinski definition) is 1. The van der Waals surface area contributed by atoms with E-state index in [0.717, 1.165) is 12.1 Å². The highest BCUT2D eigenvalue weighted by molar-refractivity contribution is 5.97. The fourth-order valence-electron chi connectivity index (χ4n) is 2.12. The van der Waals surface area contributed by atoms with Gasteiger partial charge in [0.1, 0.15) is 13.2 Å². The van der Waals surface area contributed by atoms with Gasteiger partial charge in [0, 0.05) is 24.3 Å². The Hall–Kier alpha value is -4.42. The maximum atomic E-state index is 12.0. The van der Waals surface area contributed by atoms with Crippen LogP contribution in [0, 0.1) is 30.3 Å². The second-order valence-corrected chi connectivity index (χ2v) is 5.52. The zero-order valence-corrected chi connectivity index (χ0v) is 14.5. The minimum absolute atomic E-state index is 0.126. The van der Waals surface area contributed by atoms with E-state index in [2.05, 4.69) is 5.32 Å². The van der Waals surface area contributed by atoms with Gasteiger partial charge in [-0.2, -0.15) is 0 Å². The molecule has 0 aliphatic heterocycles. The van der Waals surface area contributed by atoms with Gasteiger partial charge in [-0.25, -0.2) is 0 Å². The number of benzene rings is 2. The molecule has 150 valence electrons. The summed E-state index contributed by atoms with van der Waals surface area (Å²) in [5.41, 5.74) is -1.31. The molecule has 29 heavy (non-hydrogen) atoms. The summed E-state index contributed by atoms with van der Waals surface area (Å²) in [7, 11) is 0. The van der Waals surface area contributed by atoms with Gasteiger partial charge in [0.05, 0.1) is 26.4 Å². The molecule has 1 amide bonds. The third-order valence-corrected chi connectivity index (χ3v) is 3.53. The molecule has 2 aromatic carbocycles. The van der Waals surface area contributed by atoms with Crippen molar-refractivity contribution in [3.05, 3.63) is 83.9 Å². The molecular formula is C16H12N4O9. The maximum absolute atomic E-state index is 12.0. The Labute approximate surface area is 161 Å². The zero-order chi connectivity index (χ0) is 21.6. The molecule has 0 heterocycles. The lowest BCUT2D eigenvalue weighted by atomic mass is 10.1. The van der Waals surface area contributed by atoms with Crippen molar-refractivity contribution in [1.82, 2.24) is 5.32 Å². The predicted octanol–water partition coefficient (Wildman–Crippen LogP) is 1.88. The molecule has 0 atom stereocenters. The molecule has 0 saturated heterocycles. The number of rotatable bonds is 8. The van der Waals surface area contributed by atoms with Crippen LogP contribution < -0.4 is 5.32 Å². The maximum Gasteiger partial charge on any atom is 0.325 e. The summed E-state index contributed by atoms with van der Waals surface area (Å²) in [6.07, 6.45) is 0. The Morgan fingerprint density at radius 2 is 1.34 bits per heavy atom. The first-order chi connectivity index (χ1) is 13.7. The molecule has 0 spiro atoms. The summed E-state index contributed by atoms with van der Waals surface area (Å²) in [4.78, 5) is 53.6. The van der Waals surface area contributed by atoms with Gasteiger partial charge in [-0.3, -0.25) is 39.9 Å². The SMILES string of the molecule is O=C(CNC(=O)c1cc([N+](=O)[O-])cc([N+](=O)[O-])c1)OCc1ccc([N+](=O)[O-])cc1. The first-order valence-corrected chi connectivity index (χ1v) is 7.78. The Morgan fingerprint density at radius 1 is 0.828 bits per heavy atom. The van der Waals surface area contributed by atoms with Crippen LogP contribution in [0.4, 0.5) is 17.1 Å². The number of hydrogen-bond acceptors (Lipinski definition) is 9. The van der Waals surface area contributed by atoms with Crippen LogP contribution in [0.1, 0.15) is 15.9 Å². The Bertz CT molecular complexity index is 956. The van der Waals surface area contributed by atoms with E-state index in [1.54, 1.807) is 0 Å². The lowest BCUT2D eigenvalue weighted by Crippen LogP contribution is -2.30. The highest BCUT2D eigenvalue weighted by atomic mass is 16.6. The van der Waals surface area contributed by atoms with Crippen molar-refractivity contribution >= 4 is 28.9 Å². The molecule has 1 N–H and O–H groups in total. The third-order valence-electron chi connectivity index (χ3n) is 3.53. The number of ether oxygens (including phenoxy) is 1. The van der Waals surface area contributed by atoms with Gasteiger partial charge < -0.3 is 10.1 Å². The summed E-state index contributed by atoms with van der Waals surface area (Å²) < 4.78 is 4.90. The first-order valence-electron chi connectivity index (χ1n) is 7.78. The van der Waals surface area contributed by atoms with Gasteiger partial charge in [-0.1, -0.05) is 0 Å². The zero-order valence-electron chi connectivity index (χ0n) is 14.5. The number of carbonyl (C=O) groups is 2. The predicted molar refractivity (Wildman–Crippen MR) is 95.0 cm³/mol. The smallest absolute Gasteiger partial charge is 0.325 e. The van der Waals surface area contributed by atoms with Gasteiger partial charge in [0.15, 0.2) is 0 Å². The Morgan fingerprint density at radius 3 is 1.83 bits per heavy atom. The van der Waals surface area contributed by atoms with Gasteiger partial charge in [-0.15, -0.1) is 0 Å². The highest BCUT2D eigenvalue weighted by Gasteiger charge is 2.20. The van der Waals surface area contributed by atoms with E-state index < -0.39 is 44.6 Å². The van der Waals surface area contributed by atoms with Crippen molar-refractivity contribution in [3.8, 4) is 0 Å². The minimum atomic E-state index is -0.941. The molecule has 0 aromatic heterocycles. The van der Waals surface area contributed by atoms with E-state index in [0.29, 0.717) is 11.6 Å². The van der Waals surface area contributed by atoms with E-state index >= 15 is 0 Å². The highest BCUT2D eigenvalue weighted by Crippen LogP contribution is 2.22. The molecule has 13 nitrogen and oxygen atoms in total. The van der Waals surface area contributed by atoms with Crippen LogP contribution in [-0.4, -0.2) is 33.2 Å². The molecule has 2 rings (SSSR count). The largest absolute Gasteiger partial charge is 0.460 e. The van der Waals surface area contributed by atoms with Crippen LogP contribution in [0.3, 0.4) is 0 Å². The molecule has 0 radical (unpaired) electrons. The summed E-state index contributed by atoms with van der Waals surface area (Å²) in [5.74, 6) is -1.79. The molecule has 13 heteroatoms. The van der Waals surface area contributed by atoms with Gasteiger partial charge in [-0.05, 0) is 17.7 Å². The topological polar surface area (TPSA) is 185 Å². The number of nitro benzene ring substituents is 3. The quantitative estimate of drug-likeness (QED) is 0.389. The van der Waals surface area contributed by atoms with E-state index in [4.69, 9.17) is 4.74 Å². The Balaban J connectivity index is 1.94. The van der Waals surface area contributed by atoms with Crippen molar-refractivity contribution in [2.45, 2.75) is 6.61 Å². The second-order valence-electron chi connectivity index (χ2n) is 5.52. The van der Waals surface area contributed by atoms with Crippen molar-refractivity contribution in [2.24, 2.45) is 0 Å². The number of esters is 1. The number of carbonyl (C=O) groups excluding carboxylic acids is 2. The van der Waals surface area contributed by atoms with Crippen molar-refractivity contribution in [1.29, 1.82) is 0 Å². The normalized spacial score (nSPS) is 10.1. The lowest BCUT2D eigenvalue weighted by molar-refractivity contribution is -0.394. The first kappa shape index (κ1) is 20.9. The molecule has 0 aliphatic carbocycles. The molecule has 0 fully saturated rings. The van der Waals surface area contributed by atoms with Crippen LogP contribution in [0.2, 0.25) is 0 Å². The van der Waals surface area contributed by atoms with Crippen LogP contribution in [0.25, 0.3) is 0 Å². The van der Waals surface area contributed by atoms with Crippen LogP contribution in [0.15, 0.2) is 42.5 Å². The minimum Gasteiger partial charge on any atom is -0.460 e. The van der Waals surface area contributed by atoms with E-state index in [-0.39, 0.29) is 17.9 Å². The third kappa shape index (κ3) is 5.78. The number of non-ortho nitro benzene ring substituents is 3. The van der Waals surface area contributed by atoms with E-state index in [1.807, 2.05) is 0 Å². The summed E-state index contributed by atoms with van der Waals surface area (Å²) in [6, 6.07) is 7.64. The fourth-order valence-corrected chi connectivity index (χ4v) is 2.12. The molecule has 0 unspecified atom stereocenters. The number of nitrogens with zero attached hydrogens (tertiary/aromatic N) is 3. The lowest BCUT2D eigenvalue weighted by Gasteiger charge is -2.07. The molecule has 0 aliphatic rings. The van der Waals surface area contributed by atoms with E-state index in [9.17, 15) is 39.9 Å². The number of nitrogens with one attached hydrogen (secondary N) is 1. The molecule has 0 saturated carbocycles. The van der Waals surface area contributed by atoms with Gasteiger partial charge in [0.25, 0.3) is 23.0 Å². The Kier molecular flexibility index (Phi) is 6.47. The molecule has 0 bridgehead atoms.